The van der Waals surface area contributed by atoms with Crippen molar-refractivity contribution in [3.8, 4) is 0 Å². The predicted molar refractivity (Wildman–Crippen MR) is 40.8 cm³/mol. The van der Waals surface area contributed by atoms with E-state index in [0.29, 0.717) is 0 Å². The molecule has 0 aliphatic heterocycles. The van der Waals surface area contributed by atoms with Crippen LogP contribution in [0.15, 0.2) is 24.3 Å². The van der Waals surface area contributed by atoms with Gasteiger partial charge in [-0.3, -0.25) is 4.79 Å². The van der Waals surface area contributed by atoms with Gasteiger partial charge in [0.15, 0.2) is 0 Å². The first-order valence-corrected chi connectivity index (χ1v) is 3.25. The zero-order valence-electron chi connectivity index (χ0n) is 6.08. The Bertz CT molecular complexity index is 145. The molecule has 2 heteroatoms. The fraction of sp³-hybridized carbons (Fsp3) is 0.375. The van der Waals surface area contributed by atoms with Crippen LogP contribution < -0.4 is 0 Å². The summed E-state index contributed by atoms with van der Waals surface area (Å²) in [4.78, 5) is 9.96. The highest BCUT2D eigenvalue weighted by molar-refractivity contribution is 5.68. The minimum absolute atomic E-state index is 0.123. The third kappa shape index (κ3) is 6.95. The van der Waals surface area contributed by atoms with Crippen LogP contribution in [-0.2, 0) is 4.79 Å². The van der Waals surface area contributed by atoms with Crippen LogP contribution in [0.3, 0.4) is 0 Å². The summed E-state index contributed by atoms with van der Waals surface area (Å²) in [6.45, 7) is 1.94. The molecule has 0 fully saturated rings. The van der Waals surface area contributed by atoms with E-state index < -0.39 is 5.97 Å². The second-order valence-electron chi connectivity index (χ2n) is 1.87. The normalized spacial score (nSPS) is 11.3. The Morgan fingerprint density at radius 2 is 2.10 bits per heavy atom. The molecular formula is C8H12O2. The fourth-order valence-electron chi connectivity index (χ4n) is 0.495. The lowest BCUT2D eigenvalue weighted by atomic mass is 10.3. The highest BCUT2D eigenvalue weighted by Crippen LogP contribution is 1.88. The quantitative estimate of drug-likeness (QED) is 0.606. The summed E-state index contributed by atoms with van der Waals surface area (Å²) in [6, 6.07) is 0. The van der Waals surface area contributed by atoms with Gasteiger partial charge >= 0.3 is 5.97 Å². The zero-order chi connectivity index (χ0) is 7.82. The molecule has 0 aromatic heterocycles. The largest absolute Gasteiger partial charge is 0.481 e. The Kier molecular flexibility index (Phi) is 5.44. The number of rotatable bonds is 4. The van der Waals surface area contributed by atoms with Crippen molar-refractivity contribution < 1.29 is 9.90 Å². The van der Waals surface area contributed by atoms with Crippen LogP contribution >= 0.6 is 0 Å². The standard InChI is InChI=1S/C8H12O2/c1-2-3-4-5-6-7-8(9)10/h2-3,5-6H,4,7H2,1H3,(H,9,10)/b3-2+,6-5+. The Morgan fingerprint density at radius 3 is 2.60 bits per heavy atom. The second-order valence-corrected chi connectivity index (χ2v) is 1.87. The molecule has 0 radical (unpaired) electrons. The Balaban J connectivity index is 3.29. The van der Waals surface area contributed by atoms with Crippen molar-refractivity contribution >= 4 is 5.97 Å². The van der Waals surface area contributed by atoms with Crippen LogP contribution in [0.2, 0.25) is 0 Å². The topological polar surface area (TPSA) is 37.3 Å². The highest BCUT2D eigenvalue weighted by Gasteiger charge is 1.86. The van der Waals surface area contributed by atoms with Gasteiger partial charge in [0.2, 0.25) is 0 Å². The van der Waals surface area contributed by atoms with E-state index in [0.717, 1.165) is 6.42 Å². The molecule has 0 heterocycles. The molecule has 0 aromatic carbocycles. The van der Waals surface area contributed by atoms with Gasteiger partial charge in [-0.1, -0.05) is 24.3 Å². The van der Waals surface area contributed by atoms with Gasteiger partial charge in [0.05, 0.1) is 6.42 Å². The zero-order valence-corrected chi connectivity index (χ0v) is 6.08. The molecule has 0 aromatic rings. The molecule has 0 rings (SSSR count). The SMILES string of the molecule is C/C=C/C/C=C/CC(=O)O. The summed E-state index contributed by atoms with van der Waals surface area (Å²) in [5.74, 6) is -0.781. The van der Waals surface area contributed by atoms with Crippen molar-refractivity contribution in [2.75, 3.05) is 0 Å². The Morgan fingerprint density at radius 1 is 1.40 bits per heavy atom. The molecule has 0 saturated heterocycles. The van der Waals surface area contributed by atoms with E-state index in [1.54, 1.807) is 6.08 Å². The molecule has 0 aliphatic rings. The Hall–Kier alpha value is -1.05. The van der Waals surface area contributed by atoms with Crippen LogP contribution in [0.25, 0.3) is 0 Å². The number of allylic oxidation sites excluding steroid dienone is 3. The number of aliphatic carboxylic acids is 1. The number of hydrogen-bond donors (Lipinski definition) is 1. The van der Waals surface area contributed by atoms with Gasteiger partial charge in [0, 0.05) is 0 Å². The van der Waals surface area contributed by atoms with Gasteiger partial charge < -0.3 is 5.11 Å². The summed E-state index contributed by atoms with van der Waals surface area (Å²) in [5, 5.41) is 8.20. The van der Waals surface area contributed by atoms with Crippen molar-refractivity contribution in [2.24, 2.45) is 0 Å². The van der Waals surface area contributed by atoms with Crippen LogP contribution in [0.4, 0.5) is 0 Å². The van der Waals surface area contributed by atoms with Crippen molar-refractivity contribution in [3.63, 3.8) is 0 Å². The van der Waals surface area contributed by atoms with Crippen LogP contribution in [0.5, 0.6) is 0 Å². The molecule has 2 nitrogen and oxygen atoms in total. The van der Waals surface area contributed by atoms with Crippen LogP contribution in [0.1, 0.15) is 19.8 Å². The number of carboxylic acid groups (broad SMARTS) is 1. The number of hydrogen-bond acceptors (Lipinski definition) is 1. The fourth-order valence-corrected chi connectivity index (χ4v) is 0.495. The molecule has 0 spiro atoms. The summed E-state index contributed by atoms with van der Waals surface area (Å²) in [5.41, 5.74) is 0. The lowest BCUT2D eigenvalue weighted by Crippen LogP contribution is -1.89. The monoisotopic (exact) mass is 140 g/mol. The smallest absolute Gasteiger partial charge is 0.307 e. The van der Waals surface area contributed by atoms with Crippen molar-refractivity contribution in [1.82, 2.24) is 0 Å². The van der Waals surface area contributed by atoms with Gasteiger partial charge in [-0.15, -0.1) is 0 Å². The first kappa shape index (κ1) is 8.95. The molecular weight excluding hydrogens is 128 g/mol. The summed E-state index contributed by atoms with van der Waals surface area (Å²) >= 11 is 0. The molecule has 10 heavy (non-hydrogen) atoms. The summed E-state index contributed by atoms with van der Waals surface area (Å²) in [7, 11) is 0. The van der Waals surface area contributed by atoms with E-state index in [1.807, 2.05) is 25.2 Å². The first-order chi connectivity index (χ1) is 4.77. The first-order valence-electron chi connectivity index (χ1n) is 3.25. The number of carbonyl (C=O) groups is 1. The Labute approximate surface area is 60.9 Å². The van der Waals surface area contributed by atoms with Gasteiger partial charge in [0.25, 0.3) is 0 Å². The van der Waals surface area contributed by atoms with E-state index in [-0.39, 0.29) is 6.42 Å². The van der Waals surface area contributed by atoms with Crippen molar-refractivity contribution in [1.29, 1.82) is 0 Å². The van der Waals surface area contributed by atoms with E-state index >= 15 is 0 Å². The average Bonchev–Trinajstić information content (AvgIpc) is 1.87. The van der Waals surface area contributed by atoms with E-state index in [2.05, 4.69) is 0 Å². The third-order valence-corrected chi connectivity index (χ3v) is 0.967. The number of carboxylic acids is 1. The minimum atomic E-state index is -0.781. The van der Waals surface area contributed by atoms with Gasteiger partial charge in [-0.25, -0.2) is 0 Å². The molecule has 0 unspecified atom stereocenters. The second kappa shape index (κ2) is 6.08. The summed E-state index contributed by atoms with van der Waals surface area (Å²) < 4.78 is 0. The maximum Gasteiger partial charge on any atom is 0.307 e. The van der Waals surface area contributed by atoms with E-state index in [4.69, 9.17) is 5.11 Å². The van der Waals surface area contributed by atoms with Crippen LogP contribution in [0, 0.1) is 0 Å². The molecule has 0 aliphatic carbocycles. The molecule has 0 bridgehead atoms. The lowest BCUT2D eigenvalue weighted by Gasteiger charge is -1.81. The van der Waals surface area contributed by atoms with Gasteiger partial charge in [0.1, 0.15) is 0 Å². The third-order valence-electron chi connectivity index (χ3n) is 0.967. The maximum absolute atomic E-state index is 9.96. The highest BCUT2D eigenvalue weighted by atomic mass is 16.4. The van der Waals surface area contributed by atoms with Gasteiger partial charge in [-0.2, -0.15) is 0 Å². The van der Waals surface area contributed by atoms with E-state index in [1.165, 1.54) is 0 Å². The molecule has 56 valence electrons. The van der Waals surface area contributed by atoms with E-state index in [9.17, 15) is 4.79 Å². The van der Waals surface area contributed by atoms with Crippen LogP contribution in [-0.4, -0.2) is 11.1 Å². The maximum atomic E-state index is 9.96. The molecule has 0 saturated carbocycles. The minimum Gasteiger partial charge on any atom is -0.481 e. The average molecular weight is 140 g/mol. The lowest BCUT2D eigenvalue weighted by molar-refractivity contribution is -0.136. The predicted octanol–water partition coefficient (Wildman–Crippen LogP) is 1.98. The summed E-state index contributed by atoms with van der Waals surface area (Å²) in [6.07, 6.45) is 8.35. The van der Waals surface area contributed by atoms with Crippen molar-refractivity contribution in [2.45, 2.75) is 19.8 Å². The molecule has 0 atom stereocenters. The van der Waals surface area contributed by atoms with Gasteiger partial charge in [-0.05, 0) is 13.3 Å². The molecule has 0 amide bonds. The molecule has 1 N–H and O–H groups in total. The van der Waals surface area contributed by atoms with Crippen molar-refractivity contribution in [3.05, 3.63) is 24.3 Å².